The molecule has 2 aromatic heterocycles. The van der Waals surface area contributed by atoms with Crippen molar-refractivity contribution in [1.82, 2.24) is 14.8 Å². The van der Waals surface area contributed by atoms with Gasteiger partial charge in [0.25, 0.3) is 11.8 Å². The van der Waals surface area contributed by atoms with Gasteiger partial charge in [0.1, 0.15) is 5.75 Å². The smallest absolute Gasteiger partial charge is 0.276 e. The molecule has 0 fully saturated rings. The molecule has 0 bridgehead atoms. The maximum Gasteiger partial charge on any atom is 0.276 e. The molecule has 10 heteroatoms. The molecule has 2 amide bonds. The van der Waals surface area contributed by atoms with Gasteiger partial charge in [-0.05, 0) is 49.6 Å². The van der Waals surface area contributed by atoms with Gasteiger partial charge in [0.15, 0.2) is 17.3 Å². The number of benzene rings is 2. The number of nitrogens with one attached hydrogen (secondary N) is 1. The molecule has 0 spiro atoms. The number of hydrogen-bond donors (Lipinski definition) is 2. The fourth-order valence-corrected chi connectivity index (χ4v) is 4.03. The zero-order valence-electron chi connectivity index (χ0n) is 18.3. The van der Waals surface area contributed by atoms with Gasteiger partial charge in [0.2, 0.25) is 5.88 Å². The lowest BCUT2D eigenvalue weighted by Crippen LogP contribution is -2.15. The second-order valence-electron chi connectivity index (χ2n) is 7.94. The number of pyridine rings is 1. The molecule has 0 radical (unpaired) electrons. The van der Waals surface area contributed by atoms with Gasteiger partial charge in [-0.2, -0.15) is 5.10 Å². The topological polar surface area (TPSA) is 112 Å². The molecule has 0 aliphatic heterocycles. The first-order valence-electron chi connectivity index (χ1n) is 10.8. The number of nitrogens with zero attached hydrogens (tertiary/aromatic N) is 3. The van der Waals surface area contributed by atoms with Crippen LogP contribution in [-0.4, -0.2) is 26.6 Å². The van der Waals surface area contributed by atoms with Crippen molar-refractivity contribution in [3.8, 4) is 17.3 Å². The van der Waals surface area contributed by atoms with Crippen LogP contribution in [0.25, 0.3) is 5.69 Å². The highest BCUT2D eigenvalue weighted by molar-refractivity contribution is 6.04. The van der Waals surface area contributed by atoms with Gasteiger partial charge in [0, 0.05) is 23.4 Å². The van der Waals surface area contributed by atoms with E-state index >= 15 is 0 Å². The minimum atomic E-state index is -0.984. The second kappa shape index (κ2) is 8.98. The number of nitrogens with two attached hydrogens (primary N) is 1. The van der Waals surface area contributed by atoms with E-state index in [9.17, 15) is 18.4 Å². The van der Waals surface area contributed by atoms with E-state index in [-0.39, 0.29) is 22.9 Å². The average molecular weight is 475 g/mol. The van der Waals surface area contributed by atoms with Crippen LogP contribution in [0.4, 0.5) is 14.5 Å². The highest BCUT2D eigenvalue weighted by Crippen LogP contribution is 2.29. The first-order valence-corrected chi connectivity index (χ1v) is 10.8. The molecule has 2 heterocycles. The van der Waals surface area contributed by atoms with E-state index in [0.717, 1.165) is 29.8 Å². The molecular weight excluding hydrogens is 456 g/mol. The van der Waals surface area contributed by atoms with Crippen LogP contribution in [0.5, 0.6) is 11.6 Å². The molecule has 0 unspecified atom stereocenters. The number of carbonyl (C=O) groups is 2. The SMILES string of the molecule is NC(=O)c1ccccc1Oc1ccc(NC(=O)c2nn(-c3ccc(F)c(F)c3)c3c2CCC3)cn1. The molecule has 3 N–H and O–H groups in total. The van der Waals surface area contributed by atoms with E-state index in [4.69, 9.17) is 10.5 Å². The Labute approximate surface area is 198 Å². The fourth-order valence-electron chi connectivity index (χ4n) is 4.03. The molecule has 1 aliphatic rings. The number of anilines is 1. The summed E-state index contributed by atoms with van der Waals surface area (Å²) in [5, 5.41) is 7.15. The third-order valence-corrected chi connectivity index (χ3v) is 5.65. The van der Waals surface area contributed by atoms with Crippen molar-refractivity contribution >= 4 is 17.5 Å². The number of fused-ring (bicyclic) bond motifs is 1. The summed E-state index contributed by atoms with van der Waals surface area (Å²) in [6.45, 7) is 0. The lowest BCUT2D eigenvalue weighted by Gasteiger charge is -2.09. The van der Waals surface area contributed by atoms with Crippen molar-refractivity contribution in [2.45, 2.75) is 19.3 Å². The van der Waals surface area contributed by atoms with Crippen molar-refractivity contribution in [3.63, 3.8) is 0 Å². The van der Waals surface area contributed by atoms with Gasteiger partial charge in [-0.25, -0.2) is 18.4 Å². The Kier molecular flexibility index (Phi) is 5.69. The van der Waals surface area contributed by atoms with E-state index in [1.807, 2.05) is 0 Å². The zero-order chi connectivity index (χ0) is 24.5. The predicted octanol–water partition coefficient (Wildman–Crippen LogP) is 4.18. The van der Waals surface area contributed by atoms with Gasteiger partial charge < -0.3 is 15.8 Å². The average Bonchev–Trinajstić information content (AvgIpc) is 3.45. The number of aromatic nitrogens is 3. The van der Waals surface area contributed by atoms with E-state index in [0.29, 0.717) is 24.2 Å². The maximum atomic E-state index is 13.8. The Morgan fingerprint density at radius 3 is 2.60 bits per heavy atom. The van der Waals surface area contributed by atoms with Crippen LogP contribution in [0, 0.1) is 11.6 Å². The molecule has 5 rings (SSSR count). The molecular formula is C25H19F2N5O3. The monoisotopic (exact) mass is 475 g/mol. The standard InChI is InChI=1S/C25H19F2N5O3/c26-18-10-9-15(12-19(18)27)32-20-6-3-5-16(20)23(31-32)25(34)30-14-8-11-22(29-13-14)35-21-7-2-1-4-17(21)24(28)33/h1-2,4,7-13H,3,5-6H2,(H2,28,33)(H,30,34). The fraction of sp³-hybridized carbons (Fsp3) is 0.120. The Morgan fingerprint density at radius 2 is 1.86 bits per heavy atom. The van der Waals surface area contributed by atoms with E-state index in [2.05, 4.69) is 15.4 Å². The highest BCUT2D eigenvalue weighted by atomic mass is 19.2. The number of para-hydroxylation sites is 1. The van der Waals surface area contributed by atoms with Crippen molar-refractivity contribution in [2.24, 2.45) is 5.73 Å². The number of halogens is 2. The summed E-state index contributed by atoms with van der Waals surface area (Å²) in [7, 11) is 0. The summed E-state index contributed by atoms with van der Waals surface area (Å²) in [4.78, 5) is 28.7. The minimum absolute atomic E-state index is 0.209. The Bertz CT molecular complexity index is 1450. The van der Waals surface area contributed by atoms with Gasteiger partial charge in [-0.1, -0.05) is 12.1 Å². The third-order valence-electron chi connectivity index (χ3n) is 5.65. The highest BCUT2D eigenvalue weighted by Gasteiger charge is 2.27. The number of carbonyl (C=O) groups excluding carboxylic acids is 2. The molecule has 2 aromatic carbocycles. The zero-order valence-corrected chi connectivity index (χ0v) is 18.3. The largest absolute Gasteiger partial charge is 0.438 e. The molecule has 0 atom stereocenters. The lowest BCUT2D eigenvalue weighted by molar-refractivity contribution is 0.0994. The number of hydrogen-bond acceptors (Lipinski definition) is 5. The summed E-state index contributed by atoms with van der Waals surface area (Å²) in [6, 6.07) is 13.2. The van der Waals surface area contributed by atoms with Crippen LogP contribution in [0.3, 0.4) is 0 Å². The lowest BCUT2D eigenvalue weighted by atomic mass is 10.2. The van der Waals surface area contributed by atoms with Gasteiger partial charge in [-0.15, -0.1) is 0 Å². The molecule has 8 nitrogen and oxygen atoms in total. The van der Waals surface area contributed by atoms with Gasteiger partial charge in [-0.3, -0.25) is 9.59 Å². The molecule has 0 saturated carbocycles. The van der Waals surface area contributed by atoms with E-state index in [1.54, 1.807) is 30.3 Å². The van der Waals surface area contributed by atoms with E-state index < -0.39 is 23.4 Å². The normalized spacial score (nSPS) is 12.3. The predicted molar refractivity (Wildman–Crippen MR) is 123 cm³/mol. The van der Waals surface area contributed by atoms with Crippen LogP contribution < -0.4 is 15.8 Å². The summed E-state index contributed by atoms with van der Waals surface area (Å²) >= 11 is 0. The number of ether oxygens (including phenoxy) is 1. The van der Waals surface area contributed by atoms with Crippen molar-refractivity contribution in [3.05, 3.63) is 94.9 Å². The van der Waals surface area contributed by atoms with Crippen molar-refractivity contribution in [2.75, 3.05) is 5.32 Å². The van der Waals surface area contributed by atoms with Crippen LogP contribution in [0.1, 0.15) is 38.5 Å². The van der Waals surface area contributed by atoms with E-state index in [1.165, 1.54) is 23.0 Å². The summed E-state index contributed by atoms with van der Waals surface area (Å²) in [5.41, 5.74) is 8.14. The molecule has 4 aromatic rings. The third kappa shape index (κ3) is 4.33. The van der Waals surface area contributed by atoms with Crippen LogP contribution in [0.15, 0.2) is 60.8 Å². The maximum absolute atomic E-state index is 13.8. The Balaban J connectivity index is 1.35. The Morgan fingerprint density at radius 1 is 1.03 bits per heavy atom. The van der Waals surface area contributed by atoms with Crippen LogP contribution >= 0.6 is 0 Å². The summed E-state index contributed by atoms with van der Waals surface area (Å²) < 4.78 is 34.3. The van der Waals surface area contributed by atoms with Gasteiger partial charge in [0.05, 0.1) is 23.1 Å². The van der Waals surface area contributed by atoms with Crippen molar-refractivity contribution < 1.29 is 23.1 Å². The summed E-state index contributed by atoms with van der Waals surface area (Å²) in [5.74, 6) is -2.53. The quantitative estimate of drug-likeness (QED) is 0.435. The number of amides is 2. The van der Waals surface area contributed by atoms with Gasteiger partial charge >= 0.3 is 0 Å². The number of rotatable bonds is 6. The summed E-state index contributed by atoms with van der Waals surface area (Å²) in [6.07, 6.45) is 3.57. The molecule has 35 heavy (non-hydrogen) atoms. The van der Waals surface area contributed by atoms with Crippen LogP contribution in [-0.2, 0) is 12.8 Å². The van der Waals surface area contributed by atoms with Crippen molar-refractivity contribution in [1.29, 1.82) is 0 Å². The number of primary amides is 1. The first kappa shape index (κ1) is 22.2. The second-order valence-corrected chi connectivity index (χ2v) is 7.94. The Hall–Kier alpha value is -4.60. The molecule has 1 aliphatic carbocycles. The minimum Gasteiger partial charge on any atom is -0.438 e. The van der Waals surface area contributed by atoms with Crippen LogP contribution in [0.2, 0.25) is 0 Å². The molecule has 0 saturated heterocycles. The first-order chi connectivity index (χ1) is 16.9. The molecule has 176 valence electrons.